The Labute approximate surface area is 120 Å². The summed E-state index contributed by atoms with van der Waals surface area (Å²) in [5.74, 6) is -0.674. The highest BCUT2D eigenvalue weighted by Crippen LogP contribution is 2.17. The smallest absolute Gasteiger partial charge is 0.221 e. The van der Waals surface area contributed by atoms with E-state index in [9.17, 15) is 9.59 Å². The van der Waals surface area contributed by atoms with Crippen LogP contribution in [0.4, 0.5) is 0 Å². The third-order valence-electron chi connectivity index (χ3n) is 3.31. The van der Waals surface area contributed by atoms with Crippen LogP contribution in [-0.4, -0.2) is 11.8 Å². The fraction of sp³-hybridized carbons (Fsp3) is 0.500. The van der Waals surface area contributed by atoms with Crippen molar-refractivity contribution in [2.24, 2.45) is 11.5 Å². The van der Waals surface area contributed by atoms with Gasteiger partial charge in [-0.05, 0) is 29.5 Å². The van der Waals surface area contributed by atoms with E-state index >= 15 is 0 Å². The first-order chi connectivity index (χ1) is 9.52. The second kappa shape index (κ2) is 8.35. The summed E-state index contributed by atoms with van der Waals surface area (Å²) >= 11 is 0. The maximum atomic E-state index is 11.1. The van der Waals surface area contributed by atoms with Gasteiger partial charge >= 0.3 is 0 Å². The van der Waals surface area contributed by atoms with Crippen LogP contribution in [0.3, 0.4) is 0 Å². The van der Waals surface area contributed by atoms with E-state index in [0.29, 0.717) is 0 Å². The number of carbonyl (C=O) groups excluding carboxylic acids is 2. The Balaban J connectivity index is 2.81. The van der Waals surface area contributed by atoms with Crippen LogP contribution in [0.25, 0.3) is 0 Å². The molecule has 0 atom stereocenters. The van der Waals surface area contributed by atoms with Crippen molar-refractivity contribution in [1.29, 1.82) is 0 Å². The topological polar surface area (TPSA) is 86.2 Å². The van der Waals surface area contributed by atoms with E-state index < -0.39 is 0 Å². The van der Waals surface area contributed by atoms with Gasteiger partial charge in [0, 0.05) is 0 Å². The van der Waals surface area contributed by atoms with E-state index in [1.807, 2.05) is 18.2 Å². The summed E-state index contributed by atoms with van der Waals surface area (Å²) in [6.07, 6.45) is 6.06. The minimum atomic E-state index is -0.343. The Hall–Kier alpha value is -1.84. The lowest BCUT2D eigenvalue weighted by Crippen LogP contribution is -2.16. The number of unbranched alkanes of at least 4 members (excludes halogenated alkanes) is 3. The SMILES string of the molecule is CCCCCCc1cc(CC(N)=O)ccc1CC(N)=O. The molecule has 2 amide bonds. The number of rotatable bonds is 9. The molecule has 0 fully saturated rings. The number of carbonyl (C=O) groups is 2. The van der Waals surface area contributed by atoms with Crippen LogP contribution in [0, 0.1) is 0 Å². The molecular formula is C16H24N2O2. The normalized spacial score (nSPS) is 10.4. The fourth-order valence-electron chi connectivity index (χ4n) is 2.33. The Morgan fingerprint density at radius 1 is 0.950 bits per heavy atom. The van der Waals surface area contributed by atoms with Gasteiger partial charge in [-0.1, -0.05) is 44.4 Å². The maximum absolute atomic E-state index is 11.1. The van der Waals surface area contributed by atoms with Crippen molar-refractivity contribution in [2.75, 3.05) is 0 Å². The lowest BCUT2D eigenvalue weighted by Gasteiger charge is -2.10. The van der Waals surface area contributed by atoms with E-state index in [0.717, 1.165) is 29.5 Å². The number of primary amides is 2. The average molecular weight is 276 g/mol. The van der Waals surface area contributed by atoms with E-state index in [4.69, 9.17) is 11.5 Å². The number of hydrogen-bond donors (Lipinski definition) is 2. The predicted molar refractivity (Wildman–Crippen MR) is 80.1 cm³/mol. The third-order valence-corrected chi connectivity index (χ3v) is 3.31. The summed E-state index contributed by atoms with van der Waals surface area (Å²) in [5.41, 5.74) is 13.5. The summed E-state index contributed by atoms with van der Waals surface area (Å²) in [4.78, 5) is 22.1. The molecular weight excluding hydrogens is 252 g/mol. The molecule has 4 heteroatoms. The van der Waals surface area contributed by atoms with Gasteiger partial charge < -0.3 is 11.5 Å². The average Bonchev–Trinajstić information content (AvgIpc) is 2.36. The number of nitrogens with two attached hydrogens (primary N) is 2. The van der Waals surface area contributed by atoms with Crippen LogP contribution in [-0.2, 0) is 28.9 Å². The minimum absolute atomic E-state index is 0.235. The molecule has 0 radical (unpaired) electrons. The van der Waals surface area contributed by atoms with Crippen molar-refractivity contribution in [1.82, 2.24) is 0 Å². The summed E-state index contributed by atoms with van der Waals surface area (Å²) in [7, 11) is 0. The Bertz CT molecular complexity index is 470. The van der Waals surface area contributed by atoms with Crippen LogP contribution < -0.4 is 11.5 Å². The third kappa shape index (κ3) is 5.87. The van der Waals surface area contributed by atoms with Crippen LogP contribution in [0.15, 0.2) is 18.2 Å². The summed E-state index contributed by atoms with van der Waals surface area (Å²) in [6.45, 7) is 2.17. The fourth-order valence-corrected chi connectivity index (χ4v) is 2.33. The van der Waals surface area contributed by atoms with E-state index in [1.54, 1.807) is 0 Å². The van der Waals surface area contributed by atoms with Gasteiger partial charge in [-0.2, -0.15) is 0 Å². The van der Waals surface area contributed by atoms with Gasteiger partial charge in [0.05, 0.1) is 12.8 Å². The van der Waals surface area contributed by atoms with Crippen molar-refractivity contribution in [3.8, 4) is 0 Å². The Morgan fingerprint density at radius 3 is 2.25 bits per heavy atom. The van der Waals surface area contributed by atoms with Crippen LogP contribution in [0.5, 0.6) is 0 Å². The number of aryl methyl sites for hydroxylation is 1. The molecule has 20 heavy (non-hydrogen) atoms. The van der Waals surface area contributed by atoms with Gasteiger partial charge in [0.15, 0.2) is 0 Å². The van der Waals surface area contributed by atoms with Crippen molar-refractivity contribution in [3.05, 3.63) is 34.9 Å². The quantitative estimate of drug-likeness (QED) is 0.674. The zero-order valence-corrected chi connectivity index (χ0v) is 12.2. The zero-order chi connectivity index (χ0) is 15.0. The molecule has 110 valence electrons. The predicted octanol–water partition coefficient (Wildman–Crippen LogP) is 1.86. The van der Waals surface area contributed by atoms with Crippen LogP contribution in [0.1, 0.15) is 49.3 Å². The van der Waals surface area contributed by atoms with Crippen molar-refractivity contribution in [2.45, 2.75) is 51.9 Å². The molecule has 0 spiro atoms. The molecule has 0 saturated carbocycles. The molecule has 0 bridgehead atoms. The molecule has 1 aromatic rings. The van der Waals surface area contributed by atoms with Crippen LogP contribution >= 0.6 is 0 Å². The second-order valence-electron chi connectivity index (χ2n) is 5.20. The maximum Gasteiger partial charge on any atom is 0.221 e. The molecule has 0 aliphatic carbocycles. The van der Waals surface area contributed by atoms with Crippen molar-refractivity contribution < 1.29 is 9.59 Å². The number of hydrogen-bond acceptors (Lipinski definition) is 2. The molecule has 0 aromatic heterocycles. The Kier molecular flexibility index (Phi) is 6.77. The first kappa shape index (κ1) is 16.2. The zero-order valence-electron chi connectivity index (χ0n) is 12.2. The van der Waals surface area contributed by atoms with E-state index in [2.05, 4.69) is 6.92 Å². The van der Waals surface area contributed by atoms with Gasteiger partial charge in [0.2, 0.25) is 11.8 Å². The first-order valence-electron chi connectivity index (χ1n) is 7.20. The molecule has 1 rings (SSSR count). The summed E-state index contributed by atoms with van der Waals surface area (Å²) in [6, 6.07) is 5.71. The number of benzene rings is 1. The van der Waals surface area contributed by atoms with Crippen molar-refractivity contribution in [3.63, 3.8) is 0 Å². The van der Waals surface area contributed by atoms with E-state index in [-0.39, 0.29) is 24.7 Å². The van der Waals surface area contributed by atoms with Crippen molar-refractivity contribution >= 4 is 11.8 Å². The molecule has 0 saturated heterocycles. The molecule has 4 N–H and O–H groups in total. The molecule has 0 unspecified atom stereocenters. The highest BCUT2D eigenvalue weighted by Gasteiger charge is 2.08. The lowest BCUT2D eigenvalue weighted by molar-refractivity contribution is -0.118. The monoisotopic (exact) mass is 276 g/mol. The first-order valence-corrected chi connectivity index (χ1v) is 7.20. The summed E-state index contributed by atoms with van der Waals surface area (Å²) in [5, 5.41) is 0. The van der Waals surface area contributed by atoms with Gasteiger partial charge in [-0.15, -0.1) is 0 Å². The lowest BCUT2D eigenvalue weighted by atomic mass is 9.95. The highest BCUT2D eigenvalue weighted by atomic mass is 16.1. The Morgan fingerprint density at radius 2 is 1.65 bits per heavy atom. The minimum Gasteiger partial charge on any atom is -0.369 e. The molecule has 4 nitrogen and oxygen atoms in total. The molecule has 0 aliphatic heterocycles. The van der Waals surface area contributed by atoms with Gasteiger partial charge in [-0.25, -0.2) is 0 Å². The second-order valence-corrected chi connectivity index (χ2v) is 5.20. The van der Waals surface area contributed by atoms with Gasteiger partial charge in [0.1, 0.15) is 0 Å². The molecule has 1 aromatic carbocycles. The standard InChI is InChI=1S/C16H24N2O2/c1-2-3-4-5-6-13-9-12(10-15(17)19)7-8-14(13)11-16(18)20/h7-9H,2-6,10-11H2,1H3,(H2,17,19)(H2,18,20). The van der Waals surface area contributed by atoms with Gasteiger partial charge in [0.25, 0.3) is 0 Å². The van der Waals surface area contributed by atoms with E-state index in [1.165, 1.54) is 19.3 Å². The van der Waals surface area contributed by atoms with Crippen LogP contribution in [0.2, 0.25) is 0 Å². The summed E-state index contributed by atoms with van der Waals surface area (Å²) < 4.78 is 0. The molecule has 0 aliphatic rings. The highest BCUT2D eigenvalue weighted by molar-refractivity contribution is 5.78. The van der Waals surface area contributed by atoms with Gasteiger partial charge in [-0.3, -0.25) is 9.59 Å². The molecule has 0 heterocycles. The largest absolute Gasteiger partial charge is 0.369 e. The number of amides is 2.